The predicted octanol–water partition coefficient (Wildman–Crippen LogP) is 3.01. The fourth-order valence-corrected chi connectivity index (χ4v) is 1.84. The highest BCUT2D eigenvalue weighted by atomic mass is 16.4. The van der Waals surface area contributed by atoms with Gasteiger partial charge in [-0.2, -0.15) is 0 Å². The molecule has 0 bridgehead atoms. The molecule has 0 saturated carbocycles. The second-order valence-corrected chi connectivity index (χ2v) is 4.57. The van der Waals surface area contributed by atoms with Crippen LogP contribution in [0.2, 0.25) is 0 Å². The van der Waals surface area contributed by atoms with Crippen molar-refractivity contribution in [3.63, 3.8) is 0 Å². The highest BCUT2D eigenvalue weighted by Gasteiger charge is 2.10. The van der Waals surface area contributed by atoms with Gasteiger partial charge in [-0.1, -0.05) is 19.1 Å². The van der Waals surface area contributed by atoms with Crippen molar-refractivity contribution >= 4 is 5.97 Å². The summed E-state index contributed by atoms with van der Waals surface area (Å²) in [6.45, 7) is 8.33. The summed E-state index contributed by atoms with van der Waals surface area (Å²) >= 11 is 0. The Morgan fingerprint density at radius 3 is 2.65 bits per heavy atom. The lowest BCUT2D eigenvalue weighted by Crippen LogP contribution is -2.31. The number of hydrogen-bond acceptors (Lipinski definition) is 2. The molecular weight excluding hydrogens is 214 g/mol. The van der Waals surface area contributed by atoms with E-state index in [1.165, 1.54) is 0 Å². The largest absolute Gasteiger partial charge is 0.478 e. The molecule has 1 aromatic rings. The molecule has 0 unspecified atom stereocenters. The molecule has 3 heteroatoms. The fourth-order valence-electron chi connectivity index (χ4n) is 1.84. The van der Waals surface area contributed by atoms with Gasteiger partial charge in [0.05, 0.1) is 5.56 Å². The normalized spacial score (nSPS) is 11.1. The van der Waals surface area contributed by atoms with Crippen molar-refractivity contribution in [2.24, 2.45) is 0 Å². The minimum absolute atomic E-state index is 0.364. The highest BCUT2D eigenvalue weighted by molar-refractivity contribution is 5.87. The fraction of sp³-hybridized carbons (Fsp3) is 0.500. The maximum atomic E-state index is 10.9. The number of carboxylic acids is 1. The third-order valence-corrected chi connectivity index (χ3v) is 2.80. The highest BCUT2D eigenvalue weighted by Crippen LogP contribution is 2.11. The monoisotopic (exact) mass is 235 g/mol. The van der Waals surface area contributed by atoms with Gasteiger partial charge in [-0.3, -0.25) is 4.90 Å². The second kappa shape index (κ2) is 6.40. The van der Waals surface area contributed by atoms with E-state index >= 15 is 0 Å². The van der Waals surface area contributed by atoms with Crippen LogP contribution in [0.25, 0.3) is 0 Å². The second-order valence-electron chi connectivity index (χ2n) is 4.57. The number of carboxylic acid groups (broad SMARTS) is 1. The minimum Gasteiger partial charge on any atom is -0.478 e. The molecule has 0 aromatic heterocycles. The standard InChI is InChI=1S/C14H21NO2/c1-4-8-15(11(2)3)10-12-6-5-7-13(9-12)14(16)17/h5-7,9,11H,4,8,10H2,1-3H3,(H,16,17). The molecule has 3 nitrogen and oxygen atoms in total. The van der Waals surface area contributed by atoms with Gasteiger partial charge in [0, 0.05) is 12.6 Å². The Kier molecular flexibility index (Phi) is 5.16. The van der Waals surface area contributed by atoms with Crippen molar-refractivity contribution in [2.45, 2.75) is 39.8 Å². The van der Waals surface area contributed by atoms with E-state index in [0.29, 0.717) is 11.6 Å². The quantitative estimate of drug-likeness (QED) is 0.824. The Bertz CT molecular complexity index is 374. The molecule has 1 aromatic carbocycles. The van der Waals surface area contributed by atoms with Gasteiger partial charge in [-0.15, -0.1) is 0 Å². The molecule has 0 saturated heterocycles. The summed E-state index contributed by atoms with van der Waals surface area (Å²) in [7, 11) is 0. The third-order valence-electron chi connectivity index (χ3n) is 2.80. The summed E-state index contributed by atoms with van der Waals surface area (Å²) in [6.07, 6.45) is 1.11. The van der Waals surface area contributed by atoms with Gasteiger partial charge >= 0.3 is 5.97 Å². The van der Waals surface area contributed by atoms with E-state index in [1.54, 1.807) is 12.1 Å². The van der Waals surface area contributed by atoms with Crippen molar-refractivity contribution in [3.8, 4) is 0 Å². The Morgan fingerprint density at radius 2 is 2.12 bits per heavy atom. The molecule has 0 aliphatic carbocycles. The van der Waals surface area contributed by atoms with Gasteiger partial charge in [0.2, 0.25) is 0 Å². The molecule has 1 N–H and O–H groups in total. The van der Waals surface area contributed by atoms with Gasteiger partial charge in [0.15, 0.2) is 0 Å². The van der Waals surface area contributed by atoms with Crippen LogP contribution >= 0.6 is 0 Å². The lowest BCUT2D eigenvalue weighted by atomic mass is 10.1. The first kappa shape index (κ1) is 13.7. The summed E-state index contributed by atoms with van der Waals surface area (Å²) in [6, 6.07) is 7.66. The lowest BCUT2D eigenvalue weighted by molar-refractivity contribution is 0.0696. The van der Waals surface area contributed by atoms with Crippen molar-refractivity contribution in [2.75, 3.05) is 6.54 Å². The Hall–Kier alpha value is -1.35. The van der Waals surface area contributed by atoms with Crippen LogP contribution in [0.5, 0.6) is 0 Å². The molecule has 0 fully saturated rings. The van der Waals surface area contributed by atoms with Crippen LogP contribution in [0.1, 0.15) is 43.1 Å². The van der Waals surface area contributed by atoms with Gasteiger partial charge in [-0.25, -0.2) is 4.79 Å². The number of aromatic carboxylic acids is 1. The molecule has 0 aliphatic rings. The first-order valence-electron chi connectivity index (χ1n) is 6.11. The van der Waals surface area contributed by atoms with Crippen molar-refractivity contribution in [1.29, 1.82) is 0 Å². The molecule has 0 heterocycles. The van der Waals surface area contributed by atoms with Crippen molar-refractivity contribution < 1.29 is 9.90 Å². The van der Waals surface area contributed by atoms with Gasteiger partial charge in [0.25, 0.3) is 0 Å². The number of rotatable bonds is 6. The molecule has 94 valence electrons. The van der Waals surface area contributed by atoms with E-state index in [1.807, 2.05) is 12.1 Å². The van der Waals surface area contributed by atoms with Crippen LogP contribution in [0.15, 0.2) is 24.3 Å². The number of carbonyl (C=O) groups is 1. The molecule has 0 spiro atoms. The van der Waals surface area contributed by atoms with E-state index in [0.717, 1.165) is 25.1 Å². The Balaban J connectivity index is 2.78. The number of benzene rings is 1. The summed E-state index contributed by atoms with van der Waals surface area (Å²) in [5.74, 6) is -0.863. The molecule has 17 heavy (non-hydrogen) atoms. The van der Waals surface area contributed by atoms with Crippen LogP contribution in [0.4, 0.5) is 0 Å². The first-order chi connectivity index (χ1) is 8.04. The zero-order valence-corrected chi connectivity index (χ0v) is 10.8. The van der Waals surface area contributed by atoms with Crippen LogP contribution in [0, 0.1) is 0 Å². The topological polar surface area (TPSA) is 40.5 Å². The van der Waals surface area contributed by atoms with Crippen LogP contribution in [0.3, 0.4) is 0 Å². The third kappa shape index (κ3) is 4.19. The summed E-state index contributed by atoms with van der Waals surface area (Å²) in [5.41, 5.74) is 1.43. The predicted molar refractivity (Wildman–Crippen MR) is 69.2 cm³/mol. The summed E-state index contributed by atoms with van der Waals surface area (Å²) in [4.78, 5) is 13.2. The minimum atomic E-state index is -0.863. The molecule has 1 rings (SSSR count). The molecule has 0 radical (unpaired) electrons. The average molecular weight is 235 g/mol. The average Bonchev–Trinajstić information content (AvgIpc) is 2.28. The van der Waals surface area contributed by atoms with E-state index in [2.05, 4.69) is 25.7 Å². The van der Waals surface area contributed by atoms with E-state index in [9.17, 15) is 4.79 Å². The van der Waals surface area contributed by atoms with Gasteiger partial charge in [0.1, 0.15) is 0 Å². The molecule has 0 aliphatic heterocycles. The zero-order valence-electron chi connectivity index (χ0n) is 10.8. The summed E-state index contributed by atoms with van der Waals surface area (Å²) < 4.78 is 0. The van der Waals surface area contributed by atoms with Crippen LogP contribution in [-0.2, 0) is 6.54 Å². The first-order valence-corrected chi connectivity index (χ1v) is 6.11. The van der Waals surface area contributed by atoms with Crippen molar-refractivity contribution in [3.05, 3.63) is 35.4 Å². The number of nitrogens with zero attached hydrogens (tertiary/aromatic N) is 1. The SMILES string of the molecule is CCCN(Cc1cccc(C(=O)O)c1)C(C)C. The zero-order chi connectivity index (χ0) is 12.8. The lowest BCUT2D eigenvalue weighted by Gasteiger charge is -2.26. The van der Waals surface area contributed by atoms with Gasteiger partial charge < -0.3 is 5.11 Å². The smallest absolute Gasteiger partial charge is 0.335 e. The van der Waals surface area contributed by atoms with E-state index in [-0.39, 0.29) is 0 Å². The molecule has 0 atom stereocenters. The Labute approximate surface area is 103 Å². The maximum Gasteiger partial charge on any atom is 0.335 e. The van der Waals surface area contributed by atoms with Crippen LogP contribution in [-0.4, -0.2) is 28.6 Å². The van der Waals surface area contributed by atoms with Crippen molar-refractivity contribution in [1.82, 2.24) is 4.90 Å². The Morgan fingerprint density at radius 1 is 1.41 bits per heavy atom. The number of hydrogen-bond donors (Lipinski definition) is 1. The molecular formula is C14H21NO2. The van der Waals surface area contributed by atoms with E-state index < -0.39 is 5.97 Å². The van der Waals surface area contributed by atoms with Crippen LogP contribution < -0.4 is 0 Å². The summed E-state index contributed by atoms with van der Waals surface area (Å²) in [5, 5.41) is 8.94. The maximum absolute atomic E-state index is 10.9. The van der Waals surface area contributed by atoms with Gasteiger partial charge in [-0.05, 0) is 44.5 Å². The molecule has 0 amide bonds. The van der Waals surface area contributed by atoms with E-state index in [4.69, 9.17) is 5.11 Å².